The molecule has 0 spiro atoms. The Bertz CT molecular complexity index is 651. The number of nitrogens with zero attached hydrogens (tertiary/aromatic N) is 1. The molecule has 0 aliphatic heterocycles. The highest BCUT2D eigenvalue weighted by molar-refractivity contribution is 5.91. The third kappa shape index (κ3) is 3.56. The number of hydrogen-bond acceptors (Lipinski definition) is 3. The number of carbonyl (C=O) groups excluding carboxylic acids is 1. The minimum atomic E-state index is -0.673. The number of ether oxygens (including phenoxy) is 1. The van der Waals surface area contributed by atoms with Crippen molar-refractivity contribution in [1.29, 1.82) is 5.26 Å². The van der Waals surface area contributed by atoms with E-state index in [-0.39, 0.29) is 23.8 Å². The molecule has 0 unspecified atom stereocenters. The van der Waals surface area contributed by atoms with Gasteiger partial charge in [-0.15, -0.1) is 0 Å². The Hall–Kier alpha value is -2.87. The van der Waals surface area contributed by atoms with Crippen LogP contribution in [0.5, 0.6) is 5.75 Å². The summed E-state index contributed by atoms with van der Waals surface area (Å²) < 4.78 is 18.5. The lowest BCUT2D eigenvalue weighted by Gasteiger charge is -2.07. The zero-order chi connectivity index (χ0) is 14.4. The summed E-state index contributed by atoms with van der Waals surface area (Å²) in [4.78, 5) is 11.6. The first kappa shape index (κ1) is 13.6. The molecule has 0 saturated carbocycles. The van der Waals surface area contributed by atoms with Crippen LogP contribution in [-0.4, -0.2) is 12.5 Å². The zero-order valence-corrected chi connectivity index (χ0v) is 10.5. The zero-order valence-electron chi connectivity index (χ0n) is 10.5. The molecule has 0 aliphatic carbocycles. The van der Waals surface area contributed by atoms with E-state index >= 15 is 0 Å². The molecule has 1 amide bonds. The molecule has 20 heavy (non-hydrogen) atoms. The fourth-order valence-corrected chi connectivity index (χ4v) is 1.54. The van der Waals surface area contributed by atoms with Gasteiger partial charge in [-0.3, -0.25) is 4.79 Å². The lowest BCUT2D eigenvalue weighted by molar-refractivity contribution is -0.118. The molecule has 0 aromatic heterocycles. The Morgan fingerprint density at radius 3 is 2.65 bits per heavy atom. The lowest BCUT2D eigenvalue weighted by Crippen LogP contribution is -2.20. The van der Waals surface area contributed by atoms with Crippen molar-refractivity contribution in [3.8, 4) is 11.8 Å². The first-order valence-electron chi connectivity index (χ1n) is 5.86. The summed E-state index contributed by atoms with van der Waals surface area (Å²) in [6, 6.07) is 14.5. The second-order valence-electron chi connectivity index (χ2n) is 3.96. The number of nitrogens with one attached hydrogen (secondary N) is 1. The van der Waals surface area contributed by atoms with Crippen molar-refractivity contribution in [1.82, 2.24) is 0 Å². The summed E-state index contributed by atoms with van der Waals surface area (Å²) in [7, 11) is 0. The van der Waals surface area contributed by atoms with E-state index < -0.39 is 5.82 Å². The molecule has 1 N–H and O–H groups in total. The molecule has 0 atom stereocenters. The Kier molecular flexibility index (Phi) is 4.30. The third-order valence-corrected chi connectivity index (χ3v) is 2.49. The first-order valence-corrected chi connectivity index (χ1v) is 5.86. The van der Waals surface area contributed by atoms with Crippen LogP contribution in [0.25, 0.3) is 0 Å². The number of amides is 1. The van der Waals surface area contributed by atoms with Gasteiger partial charge in [0.25, 0.3) is 5.91 Å². The molecule has 0 fully saturated rings. The molecule has 2 rings (SSSR count). The van der Waals surface area contributed by atoms with Crippen LogP contribution in [0.3, 0.4) is 0 Å². The minimum absolute atomic E-state index is 0.0638. The maximum atomic E-state index is 13.3. The van der Waals surface area contributed by atoms with Crippen LogP contribution in [0, 0.1) is 17.1 Å². The second kappa shape index (κ2) is 6.34. The van der Waals surface area contributed by atoms with E-state index in [2.05, 4.69) is 5.32 Å². The predicted octanol–water partition coefficient (Wildman–Crippen LogP) is 2.71. The minimum Gasteiger partial charge on any atom is -0.484 e. The highest BCUT2D eigenvalue weighted by atomic mass is 19.1. The van der Waals surface area contributed by atoms with E-state index in [0.717, 1.165) is 6.07 Å². The lowest BCUT2D eigenvalue weighted by atomic mass is 10.2. The molecular weight excluding hydrogens is 259 g/mol. The topological polar surface area (TPSA) is 62.1 Å². The van der Waals surface area contributed by atoms with Crippen molar-refractivity contribution in [2.24, 2.45) is 0 Å². The van der Waals surface area contributed by atoms with Crippen molar-refractivity contribution in [2.75, 3.05) is 11.9 Å². The van der Waals surface area contributed by atoms with Crippen LogP contribution in [-0.2, 0) is 4.79 Å². The molecule has 100 valence electrons. The van der Waals surface area contributed by atoms with Crippen LogP contribution in [0.4, 0.5) is 10.1 Å². The standard InChI is InChI=1S/C15H11FN2O2/c16-14-8-13(7-6-11(14)9-17)20-10-15(19)18-12-4-2-1-3-5-12/h1-8H,10H2,(H,18,19). The Morgan fingerprint density at radius 2 is 2.00 bits per heavy atom. The molecule has 0 radical (unpaired) electrons. The number of carbonyl (C=O) groups is 1. The third-order valence-electron chi connectivity index (χ3n) is 2.49. The predicted molar refractivity (Wildman–Crippen MR) is 71.7 cm³/mol. The van der Waals surface area contributed by atoms with Crippen molar-refractivity contribution < 1.29 is 13.9 Å². The van der Waals surface area contributed by atoms with E-state index in [1.807, 2.05) is 6.07 Å². The van der Waals surface area contributed by atoms with Gasteiger partial charge in [0.15, 0.2) is 6.61 Å². The monoisotopic (exact) mass is 270 g/mol. The summed E-state index contributed by atoms with van der Waals surface area (Å²) in [6.45, 7) is -0.236. The van der Waals surface area contributed by atoms with Gasteiger partial charge >= 0.3 is 0 Å². The van der Waals surface area contributed by atoms with Gasteiger partial charge in [-0.1, -0.05) is 18.2 Å². The molecule has 0 aliphatic rings. The largest absolute Gasteiger partial charge is 0.484 e. The maximum absolute atomic E-state index is 13.3. The van der Waals surface area contributed by atoms with Gasteiger partial charge in [0.2, 0.25) is 0 Å². The number of anilines is 1. The SMILES string of the molecule is N#Cc1ccc(OCC(=O)Nc2ccccc2)cc1F. The molecular formula is C15H11FN2O2. The number of benzene rings is 2. The smallest absolute Gasteiger partial charge is 0.262 e. The fourth-order valence-electron chi connectivity index (χ4n) is 1.54. The molecule has 0 heterocycles. The first-order chi connectivity index (χ1) is 9.69. The highest BCUT2D eigenvalue weighted by Gasteiger charge is 2.06. The van der Waals surface area contributed by atoms with Crippen LogP contribution in [0.2, 0.25) is 0 Å². The molecule has 2 aromatic rings. The molecule has 4 nitrogen and oxygen atoms in total. The summed E-state index contributed by atoms with van der Waals surface area (Å²) in [5, 5.41) is 11.2. The number of halogens is 1. The number of para-hydroxylation sites is 1. The van der Waals surface area contributed by atoms with E-state index in [1.54, 1.807) is 30.3 Å². The van der Waals surface area contributed by atoms with Crippen LogP contribution >= 0.6 is 0 Å². The normalized spacial score (nSPS) is 9.60. The van der Waals surface area contributed by atoms with Crippen LogP contribution in [0.15, 0.2) is 48.5 Å². The highest BCUT2D eigenvalue weighted by Crippen LogP contribution is 2.16. The number of rotatable bonds is 4. The van der Waals surface area contributed by atoms with Crippen molar-refractivity contribution in [3.63, 3.8) is 0 Å². The quantitative estimate of drug-likeness (QED) is 0.929. The summed E-state index contributed by atoms with van der Waals surface area (Å²) >= 11 is 0. The summed E-state index contributed by atoms with van der Waals surface area (Å²) in [5.41, 5.74) is 0.596. The van der Waals surface area contributed by atoms with Crippen molar-refractivity contribution >= 4 is 11.6 Å². The average molecular weight is 270 g/mol. The van der Waals surface area contributed by atoms with E-state index in [1.165, 1.54) is 12.1 Å². The number of hydrogen-bond donors (Lipinski definition) is 1. The average Bonchev–Trinajstić information content (AvgIpc) is 2.46. The molecule has 5 heteroatoms. The van der Waals surface area contributed by atoms with E-state index in [0.29, 0.717) is 5.69 Å². The van der Waals surface area contributed by atoms with Crippen molar-refractivity contribution in [3.05, 3.63) is 59.9 Å². The Balaban J connectivity index is 1.91. The second-order valence-corrected chi connectivity index (χ2v) is 3.96. The van der Waals surface area contributed by atoms with Crippen molar-refractivity contribution in [2.45, 2.75) is 0 Å². The molecule has 2 aromatic carbocycles. The summed E-state index contributed by atoms with van der Waals surface area (Å²) in [5.74, 6) is -0.820. The molecule has 0 saturated heterocycles. The van der Waals surface area contributed by atoms with Gasteiger partial charge in [0, 0.05) is 11.8 Å². The maximum Gasteiger partial charge on any atom is 0.262 e. The fraction of sp³-hybridized carbons (Fsp3) is 0.0667. The van der Waals surface area contributed by atoms with Gasteiger partial charge < -0.3 is 10.1 Å². The summed E-state index contributed by atoms with van der Waals surface area (Å²) in [6.07, 6.45) is 0. The van der Waals surface area contributed by atoms with Gasteiger partial charge in [0.05, 0.1) is 5.56 Å². The van der Waals surface area contributed by atoms with E-state index in [4.69, 9.17) is 10.00 Å². The Labute approximate surface area is 115 Å². The van der Waals surface area contributed by atoms with E-state index in [9.17, 15) is 9.18 Å². The van der Waals surface area contributed by atoms with Gasteiger partial charge in [-0.2, -0.15) is 5.26 Å². The van der Waals surface area contributed by atoms with Crippen LogP contribution < -0.4 is 10.1 Å². The number of nitriles is 1. The van der Waals surface area contributed by atoms with Gasteiger partial charge in [0.1, 0.15) is 17.6 Å². The van der Waals surface area contributed by atoms with Gasteiger partial charge in [-0.25, -0.2) is 4.39 Å². The van der Waals surface area contributed by atoms with Crippen LogP contribution in [0.1, 0.15) is 5.56 Å². The molecule has 0 bridgehead atoms. The van der Waals surface area contributed by atoms with Gasteiger partial charge in [-0.05, 0) is 24.3 Å². The Morgan fingerprint density at radius 1 is 1.25 bits per heavy atom.